The Labute approximate surface area is 100 Å². The number of nitrogens with two attached hydrogens (primary N) is 1. The van der Waals surface area contributed by atoms with Gasteiger partial charge in [0.25, 0.3) is 5.69 Å². The van der Waals surface area contributed by atoms with Crippen molar-refractivity contribution in [3.05, 3.63) is 39.9 Å². The van der Waals surface area contributed by atoms with Crippen LogP contribution in [0.4, 0.5) is 5.69 Å². The third-order valence-corrected chi connectivity index (χ3v) is 2.82. The maximum atomic E-state index is 10.8. The van der Waals surface area contributed by atoms with Gasteiger partial charge in [0.1, 0.15) is 0 Å². The van der Waals surface area contributed by atoms with Gasteiger partial charge in [0, 0.05) is 17.7 Å². The van der Waals surface area contributed by atoms with E-state index in [0.717, 1.165) is 6.42 Å². The minimum absolute atomic E-state index is 0. The smallest absolute Gasteiger partial charge is 0.274 e. The standard InChI is InChI=1S/C11H14N2O2.ClH/c12-10(7-8-5-6-8)9-3-1-2-4-11(9)13(14)15;/h1-4,8,10H,5-7,12H2;1H/t10-;/m1./s1. The Balaban J connectivity index is 0.00000128. The monoisotopic (exact) mass is 242 g/mol. The van der Waals surface area contributed by atoms with Crippen molar-refractivity contribution in [2.75, 3.05) is 0 Å². The molecule has 1 aliphatic rings. The molecule has 0 unspecified atom stereocenters. The van der Waals surface area contributed by atoms with E-state index in [4.69, 9.17) is 5.73 Å². The van der Waals surface area contributed by atoms with Crippen molar-refractivity contribution < 1.29 is 4.92 Å². The molecule has 0 bridgehead atoms. The zero-order chi connectivity index (χ0) is 10.8. The Kier molecular flexibility index (Phi) is 4.26. The first-order valence-corrected chi connectivity index (χ1v) is 5.17. The number of rotatable bonds is 4. The minimum atomic E-state index is -0.359. The summed E-state index contributed by atoms with van der Waals surface area (Å²) in [6.45, 7) is 0. The molecule has 1 aromatic rings. The van der Waals surface area contributed by atoms with Gasteiger partial charge >= 0.3 is 0 Å². The van der Waals surface area contributed by atoms with E-state index in [1.807, 2.05) is 0 Å². The van der Waals surface area contributed by atoms with Crippen LogP contribution in [-0.2, 0) is 0 Å². The van der Waals surface area contributed by atoms with Crippen molar-refractivity contribution in [3.8, 4) is 0 Å². The fraction of sp³-hybridized carbons (Fsp3) is 0.455. The second kappa shape index (κ2) is 5.27. The van der Waals surface area contributed by atoms with E-state index in [9.17, 15) is 10.1 Å². The van der Waals surface area contributed by atoms with Crippen LogP contribution in [0.2, 0.25) is 0 Å². The molecule has 1 saturated carbocycles. The second-order valence-electron chi connectivity index (χ2n) is 4.10. The summed E-state index contributed by atoms with van der Waals surface area (Å²) < 4.78 is 0. The molecule has 0 radical (unpaired) electrons. The molecule has 88 valence electrons. The first-order chi connectivity index (χ1) is 7.18. The molecule has 1 aliphatic carbocycles. The molecule has 4 nitrogen and oxygen atoms in total. The quantitative estimate of drug-likeness (QED) is 0.652. The van der Waals surface area contributed by atoms with E-state index >= 15 is 0 Å². The summed E-state index contributed by atoms with van der Waals surface area (Å²) in [5, 5.41) is 10.8. The first kappa shape index (κ1) is 12.9. The van der Waals surface area contributed by atoms with Crippen LogP contribution in [0.1, 0.15) is 30.9 Å². The third-order valence-electron chi connectivity index (χ3n) is 2.82. The Morgan fingerprint density at radius 1 is 1.44 bits per heavy atom. The Bertz CT molecular complexity index is 380. The van der Waals surface area contributed by atoms with E-state index < -0.39 is 0 Å². The normalized spacial score (nSPS) is 16.3. The molecule has 0 saturated heterocycles. The Morgan fingerprint density at radius 3 is 2.62 bits per heavy atom. The topological polar surface area (TPSA) is 69.2 Å². The first-order valence-electron chi connectivity index (χ1n) is 5.17. The number of benzene rings is 1. The highest BCUT2D eigenvalue weighted by Crippen LogP contribution is 2.38. The summed E-state index contributed by atoms with van der Waals surface area (Å²) in [5.41, 5.74) is 6.78. The fourth-order valence-electron chi connectivity index (χ4n) is 1.81. The molecule has 1 atom stereocenters. The highest BCUT2D eigenvalue weighted by Gasteiger charge is 2.27. The zero-order valence-electron chi connectivity index (χ0n) is 8.83. The van der Waals surface area contributed by atoms with Crippen LogP contribution in [-0.4, -0.2) is 4.92 Å². The Morgan fingerprint density at radius 2 is 2.06 bits per heavy atom. The molecule has 0 heterocycles. The highest BCUT2D eigenvalue weighted by atomic mass is 35.5. The summed E-state index contributed by atoms with van der Waals surface area (Å²) in [4.78, 5) is 10.4. The van der Waals surface area contributed by atoms with Crippen molar-refractivity contribution in [1.82, 2.24) is 0 Å². The molecule has 16 heavy (non-hydrogen) atoms. The number of nitrogens with zero attached hydrogens (tertiary/aromatic N) is 1. The molecule has 0 spiro atoms. The van der Waals surface area contributed by atoms with E-state index in [1.165, 1.54) is 18.9 Å². The molecule has 2 N–H and O–H groups in total. The van der Waals surface area contributed by atoms with Gasteiger partial charge in [-0.1, -0.05) is 31.0 Å². The number of hydrogen-bond donors (Lipinski definition) is 1. The lowest BCUT2D eigenvalue weighted by Gasteiger charge is -2.11. The predicted octanol–water partition coefficient (Wildman–Crippen LogP) is 2.82. The predicted molar refractivity (Wildman–Crippen MR) is 64.6 cm³/mol. The molecule has 0 amide bonds. The average molecular weight is 243 g/mol. The summed E-state index contributed by atoms with van der Waals surface area (Å²) in [7, 11) is 0. The molecular weight excluding hydrogens is 228 g/mol. The third kappa shape index (κ3) is 2.93. The van der Waals surface area contributed by atoms with Crippen LogP contribution < -0.4 is 5.73 Å². The van der Waals surface area contributed by atoms with E-state index in [1.54, 1.807) is 18.2 Å². The minimum Gasteiger partial charge on any atom is -0.324 e. The largest absolute Gasteiger partial charge is 0.324 e. The van der Waals surface area contributed by atoms with Crippen LogP contribution in [0.15, 0.2) is 24.3 Å². The van der Waals surface area contributed by atoms with E-state index in [0.29, 0.717) is 11.5 Å². The molecule has 0 aromatic heterocycles. The molecular formula is C11H15ClN2O2. The molecule has 0 aliphatic heterocycles. The van der Waals surface area contributed by atoms with Gasteiger partial charge in [0.15, 0.2) is 0 Å². The van der Waals surface area contributed by atoms with Gasteiger partial charge in [-0.25, -0.2) is 0 Å². The van der Waals surface area contributed by atoms with Crippen molar-refractivity contribution in [1.29, 1.82) is 0 Å². The van der Waals surface area contributed by atoms with Crippen molar-refractivity contribution >= 4 is 18.1 Å². The number of nitro groups is 1. The van der Waals surface area contributed by atoms with Gasteiger partial charge in [0.2, 0.25) is 0 Å². The van der Waals surface area contributed by atoms with Crippen molar-refractivity contribution in [2.24, 2.45) is 11.7 Å². The zero-order valence-corrected chi connectivity index (χ0v) is 9.65. The summed E-state index contributed by atoms with van der Waals surface area (Å²) in [6.07, 6.45) is 3.30. The van der Waals surface area contributed by atoms with Crippen LogP contribution in [0.5, 0.6) is 0 Å². The van der Waals surface area contributed by atoms with E-state index in [-0.39, 0.29) is 29.1 Å². The molecule has 1 aromatic carbocycles. The van der Waals surface area contributed by atoms with Gasteiger partial charge in [-0.15, -0.1) is 12.4 Å². The molecule has 1 fully saturated rings. The fourth-order valence-corrected chi connectivity index (χ4v) is 1.81. The average Bonchev–Trinajstić information content (AvgIpc) is 3.01. The van der Waals surface area contributed by atoms with Gasteiger partial charge in [-0.2, -0.15) is 0 Å². The summed E-state index contributed by atoms with van der Waals surface area (Å²) in [6, 6.07) is 6.55. The Hall–Kier alpha value is -1.13. The lowest BCUT2D eigenvalue weighted by Crippen LogP contribution is -2.12. The number of halogens is 1. The van der Waals surface area contributed by atoms with Crippen LogP contribution in [0, 0.1) is 16.0 Å². The maximum absolute atomic E-state index is 10.8. The van der Waals surface area contributed by atoms with Crippen molar-refractivity contribution in [2.45, 2.75) is 25.3 Å². The number of hydrogen-bond acceptors (Lipinski definition) is 3. The summed E-state index contributed by atoms with van der Waals surface area (Å²) >= 11 is 0. The summed E-state index contributed by atoms with van der Waals surface area (Å²) in [5.74, 6) is 0.680. The highest BCUT2D eigenvalue weighted by molar-refractivity contribution is 5.85. The van der Waals surface area contributed by atoms with Gasteiger partial charge in [-0.05, 0) is 12.3 Å². The van der Waals surface area contributed by atoms with Crippen LogP contribution in [0.25, 0.3) is 0 Å². The molecule has 2 rings (SSSR count). The second-order valence-corrected chi connectivity index (χ2v) is 4.10. The maximum Gasteiger partial charge on any atom is 0.274 e. The molecule has 5 heteroatoms. The SMILES string of the molecule is Cl.N[C@H](CC1CC1)c1ccccc1[N+](=O)[O-]. The lowest BCUT2D eigenvalue weighted by atomic mass is 10.0. The number of nitro benzene ring substituents is 1. The van der Waals surface area contributed by atoms with E-state index in [2.05, 4.69) is 0 Å². The van der Waals surface area contributed by atoms with Gasteiger partial charge in [0.05, 0.1) is 4.92 Å². The van der Waals surface area contributed by atoms with Gasteiger partial charge < -0.3 is 5.73 Å². The number of para-hydroxylation sites is 1. The van der Waals surface area contributed by atoms with Crippen LogP contribution in [0.3, 0.4) is 0 Å². The van der Waals surface area contributed by atoms with Crippen molar-refractivity contribution in [3.63, 3.8) is 0 Å². The lowest BCUT2D eigenvalue weighted by molar-refractivity contribution is -0.385. The van der Waals surface area contributed by atoms with Crippen LogP contribution >= 0.6 is 12.4 Å². The van der Waals surface area contributed by atoms with Gasteiger partial charge in [-0.3, -0.25) is 10.1 Å².